The normalized spacial score (nSPS) is 11.6. The molecule has 0 saturated heterocycles. The lowest BCUT2D eigenvalue weighted by molar-refractivity contribution is -0.138. The molecular weight excluding hydrogens is 208 g/mol. The zero-order valence-corrected chi connectivity index (χ0v) is 9.15. The Morgan fingerprint density at radius 3 is 2.50 bits per heavy atom. The third kappa shape index (κ3) is 3.27. The van der Waals surface area contributed by atoms with Crippen LogP contribution < -0.4 is 10.6 Å². The van der Waals surface area contributed by atoms with Gasteiger partial charge in [0.25, 0.3) is 0 Å². The van der Waals surface area contributed by atoms with Crippen molar-refractivity contribution in [1.29, 1.82) is 0 Å². The van der Waals surface area contributed by atoms with Gasteiger partial charge < -0.3 is 15.7 Å². The third-order valence-electron chi connectivity index (χ3n) is 2.11. The van der Waals surface area contributed by atoms with Gasteiger partial charge in [0, 0.05) is 5.69 Å². The Hall–Kier alpha value is -2.04. The first-order chi connectivity index (χ1) is 7.50. The number of para-hydroxylation sites is 1. The number of benzene rings is 1. The zero-order valence-electron chi connectivity index (χ0n) is 9.15. The van der Waals surface area contributed by atoms with E-state index < -0.39 is 18.0 Å². The van der Waals surface area contributed by atoms with Crippen LogP contribution in [0.2, 0.25) is 0 Å². The van der Waals surface area contributed by atoms with E-state index in [0.29, 0.717) is 5.69 Å². The van der Waals surface area contributed by atoms with Crippen molar-refractivity contribution in [2.24, 2.45) is 0 Å². The molecule has 0 spiro atoms. The Balaban J connectivity index is 2.59. The van der Waals surface area contributed by atoms with E-state index in [9.17, 15) is 9.59 Å². The molecule has 1 unspecified atom stereocenters. The van der Waals surface area contributed by atoms with Gasteiger partial charge in [-0.05, 0) is 25.5 Å². The highest BCUT2D eigenvalue weighted by atomic mass is 16.4. The number of hydrogen-bond acceptors (Lipinski definition) is 2. The van der Waals surface area contributed by atoms with Gasteiger partial charge in [-0.1, -0.05) is 18.2 Å². The number of amides is 2. The molecule has 0 aliphatic heterocycles. The summed E-state index contributed by atoms with van der Waals surface area (Å²) in [6.07, 6.45) is 0. The fourth-order valence-corrected chi connectivity index (χ4v) is 1.13. The fourth-order valence-electron chi connectivity index (χ4n) is 1.13. The summed E-state index contributed by atoms with van der Waals surface area (Å²) in [5.74, 6) is -1.07. The molecule has 0 aliphatic rings. The van der Waals surface area contributed by atoms with E-state index in [-0.39, 0.29) is 0 Å². The van der Waals surface area contributed by atoms with Gasteiger partial charge in [-0.25, -0.2) is 4.79 Å². The molecule has 0 fully saturated rings. The second-order valence-electron chi connectivity index (χ2n) is 3.47. The molecule has 5 nitrogen and oxygen atoms in total. The van der Waals surface area contributed by atoms with Gasteiger partial charge >= 0.3 is 12.0 Å². The van der Waals surface area contributed by atoms with Crippen LogP contribution >= 0.6 is 0 Å². The summed E-state index contributed by atoms with van der Waals surface area (Å²) in [5.41, 5.74) is 1.58. The first-order valence-corrected chi connectivity index (χ1v) is 4.86. The number of carbonyl (C=O) groups is 2. The van der Waals surface area contributed by atoms with Crippen molar-refractivity contribution in [2.75, 3.05) is 5.32 Å². The minimum absolute atomic E-state index is 0.524. The summed E-state index contributed by atoms with van der Waals surface area (Å²) in [7, 11) is 0. The molecule has 1 rings (SSSR count). The van der Waals surface area contributed by atoms with E-state index in [0.717, 1.165) is 5.56 Å². The van der Waals surface area contributed by atoms with Crippen molar-refractivity contribution in [2.45, 2.75) is 19.9 Å². The van der Waals surface area contributed by atoms with E-state index >= 15 is 0 Å². The van der Waals surface area contributed by atoms with E-state index in [1.54, 1.807) is 12.1 Å². The van der Waals surface area contributed by atoms with Crippen molar-refractivity contribution in [3.8, 4) is 0 Å². The number of carboxylic acid groups (broad SMARTS) is 1. The maximum absolute atomic E-state index is 11.4. The Bertz CT molecular complexity index is 404. The number of urea groups is 1. The van der Waals surface area contributed by atoms with Crippen LogP contribution in [0.15, 0.2) is 24.3 Å². The number of anilines is 1. The molecule has 0 saturated carbocycles. The van der Waals surface area contributed by atoms with E-state index in [4.69, 9.17) is 5.11 Å². The first-order valence-electron chi connectivity index (χ1n) is 4.86. The second-order valence-corrected chi connectivity index (χ2v) is 3.47. The number of carbonyl (C=O) groups excluding carboxylic acids is 1. The van der Waals surface area contributed by atoms with Crippen LogP contribution in [0.5, 0.6) is 0 Å². The molecule has 0 bridgehead atoms. The highest BCUT2D eigenvalue weighted by Gasteiger charge is 2.13. The molecule has 3 N–H and O–H groups in total. The SMILES string of the molecule is Cc1ccccc1NC(=O)NC(C)C(=O)O. The number of nitrogens with one attached hydrogen (secondary N) is 2. The number of rotatable bonds is 3. The smallest absolute Gasteiger partial charge is 0.325 e. The lowest BCUT2D eigenvalue weighted by atomic mass is 10.2. The van der Waals surface area contributed by atoms with E-state index in [1.165, 1.54) is 6.92 Å². The summed E-state index contributed by atoms with van der Waals surface area (Å²) in [6.45, 7) is 3.26. The lowest BCUT2D eigenvalue weighted by Gasteiger charge is -2.11. The van der Waals surface area contributed by atoms with Gasteiger partial charge in [-0.3, -0.25) is 4.79 Å². The third-order valence-corrected chi connectivity index (χ3v) is 2.11. The molecule has 86 valence electrons. The second kappa shape index (κ2) is 5.16. The van der Waals surface area contributed by atoms with Gasteiger partial charge in [0.2, 0.25) is 0 Å². The highest BCUT2D eigenvalue weighted by Crippen LogP contribution is 2.12. The van der Waals surface area contributed by atoms with Crippen LogP contribution in [-0.4, -0.2) is 23.1 Å². The molecule has 0 heterocycles. The van der Waals surface area contributed by atoms with Crippen LogP contribution in [0.4, 0.5) is 10.5 Å². The molecular formula is C11H14N2O3. The average Bonchev–Trinajstić information content (AvgIpc) is 2.21. The first kappa shape index (κ1) is 12.0. The minimum Gasteiger partial charge on any atom is -0.480 e. The number of hydrogen-bond donors (Lipinski definition) is 3. The van der Waals surface area contributed by atoms with Crippen molar-refractivity contribution >= 4 is 17.7 Å². The summed E-state index contributed by atoms with van der Waals surface area (Å²) >= 11 is 0. The van der Waals surface area contributed by atoms with E-state index in [1.807, 2.05) is 19.1 Å². The van der Waals surface area contributed by atoms with Crippen molar-refractivity contribution in [3.05, 3.63) is 29.8 Å². The molecule has 1 aromatic rings. The van der Waals surface area contributed by atoms with Crippen molar-refractivity contribution in [3.63, 3.8) is 0 Å². The Labute approximate surface area is 93.5 Å². The van der Waals surface area contributed by atoms with Crippen LogP contribution in [-0.2, 0) is 4.79 Å². The van der Waals surface area contributed by atoms with Gasteiger partial charge in [0.05, 0.1) is 0 Å². The highest BCUT2D eigenvalue weighted by molar-refractivity contribution is 5.92. The van der Waals surface area contributed by atoms with Crippen LogP contribution in [0.25, 0.3) is 0 Å². The fraction of sp³-hybridized carbons (Fsp3) is 0.273. The van der Waals surface area contributed by atoms with Crippen LogP contribution in [0, 0.1) is 6.92 Å². The summed E-state index contributed by atoms with van der Waals surface area (Å²) in [6, 6.07) is 5.83. The predicted molar refractivity (Wildman–Crippen MR) is 60.4 cm³/mol. The predicted octanol–water partition coefficient (Wildman–Crippen LogP) is 1.59. The largest absolute Gasteiger partial charge is 0.480 e. The molecule has 1 atom stereocenters. The minimum atomic E-state index is -1.07. The number of carboxylic acids is 1. The molecule has 0 aromatic heterocycles. The quantitative estimate of drug-likeness (QED) is 0.726. The topological polar surface area (TPSA) is 78.4 Å². The molecule has 0 radical (unpaired) electrons. The summed E-state index contributed by atoms with van der Waals surface area (Å²) < 4.78 is 0. The standard InChI is InChI=1S/C11H14N2O3/c1-7-5-3-4-6-9(7)13-11(16)12-8(2)10(14)15/h3-6,8H,1-2H3,(H,14,15)(H2,12,13,16). The summed E-state index contributed by atoms with van der Waals surface area (Å²) in [5, 5.41) is 13.5. The molecule has 1 aromatic carbocycles. The van der Waals surface area contributed by atoms with Gasteiger partial charge in [0.1, 0.15) is 6.04 Å². The number of aliphatic carboxylic acids is 1. The maximum Gasteiger partial charge on any atom is 0.325 e. The molecule has 5 heteroatoms. The summed E-state index contributed by atoms with van der Waals surface area (Å²) in [4.78, 5) is 21.9. The van der Waals surface area contributed by atoms with Gasteiger partial charge in [-0.15, -0.1) is 0 Å². The zero-order chi connectivity index (χ0) is 12.1. The van der Waals surface area contributed by atoms with Crippen LogP contribution in [0.1, 0.15) is 12.5 Å². The Morgan fingerprint density at radius 2 is 1.94 bits per heavy atom. The monoisotopic (exact) mass is 222 g/mol. The van der Waals surface area contributed by atoms with Crippen molar-refractivity contribution in [1.82, 2.24) is 5.32 Å². The number of aryl methyl sites for hydroxylation is 1. The van der Waals surface area contributed by atoms with Gasteiger partial charge in [-0.2, -0.15) is 0 Å². The average molecular weight is 222 g/mol. The maximum atomic E-state index is 11.4. The van der Waals surface area contributed by atoms with Gasteiger partial charge in [0.15, 0.2) is 0 Å². The molecule has 0 aliphatic carbocycles. The molecule has 16 heavy (non-hydrogen) atoms. The van der Waals surface area contributed by atoms with Crippen LogP contribution in [0.3, 0.4) is 0 Å². The lowest BCUT2D eigenvalue weighted by Crippen LogP contribution is -2.40. The van der Waals surface area contributed by atoms with E-state index in [2.05, 4.69) is 10.6 Å². The Kier molecular flexibility index (Phi) is 3.88. The Morgan fingerprint density at radius 1 is 1.31 bits per heavy atom. The molecule has 2 amide bonds. The van der Waals surface area contributed by atoms with Crippen molar-refractivity contribution < 1.29 is 14.7 Å².